The molecule has 3 aromatic carbocycles. The summed E-state index contributed by atoms with van der Waals surface area (Å²) in [5.74, 6) is 1.18. The lowest BCUT2D eigenvalue weighted by Crippen LogP contribution is -2.05. The minimum Gasteiger partial charge on any atom is -0.376 e. The van der Waals surface area contributed by atoms with E-state index in [2.05, 4.69) is 74.0 Å². The van der Waals surface area contributed by atoms with Gasteiger partial charge in [-0.2, -0.15) is 0 Å². The summed E-state index contributed by atoms with van der Waals surface area (Å²) in [5.41, 5.74) is 17.9. The molecule has 4 aliphatic carbocycles. The Bertz CT molecular complexity index is 1400. The second-order valence-electron chi connectivity index (χ2n) is 12.6. The number of ether oxygens (including phenoxy) is 2. The molecule has 3 aromatic rings. The zero-order valence-electron chi connectivity index (χ0n) is 24.5. The van der Waals surface area contributed by atoms with Crippen molar-refractivity contribution in [2.24, 2.45) is 11.8 Å². The summed E-state index contributed by atoms with van der Waals surface area (Å²) in [7, 11) is 3.69. The number of hydrogen-bond acceptors (Lipinski definition) is 2. The normalized spacial score (nSPS) is 24.2. The Morgan fingerprint density at radius 3 is 1.74 bits per heavy atom. The molecule has 0 spiro atoms. The lowest BCUT2D eigenvalue weighted by Gasteiger charge is -2.18. The minimum absolute atomic E-state index is 0.264. The van der Waals surface area contributed by atoms with Crippen molar-refractivity contribution in [3.63, 3.8) is 0 Å². The molecule has 4 atom stereocenters. The van der Waals surface area contributed by atoms with Gasteiger partial charge < -0.3 is 9.47 Å². The first kappa shape index (κ1) is 27.2. The van der Waals surface area contributed by atoms with Crippen molar-refractivity contribution in [2.75, 3.05) is 14.2 Å². The zero-order chi connectivity index (χ0) is 27.4. The maximum atomic E-state index is 5.85. The molecule has 206 valence electrons. The van der Waals surface area contributed by atoms with Crippen molar-refractivity contribution < 1.29 is 9.47 Å². The van der Waals surface area contributed by atoms with Crippen LogP contribution in [0.5, 0.6) is 0 Å². The lowest BCUT2D eigenvalue weighted by molar-refractivity contribution is 0.0694. The van der Waals surface area contributed by atoms with Gasteiger partial charge >= 0.3 is 0 Å². The van der Waals surface area contributed by atoms with Crippen LogP contribution in [0.4, 0.5) is 0 Å². The van der Waals surface area contributed by atoms with E-state index in [4.69, 9.17) is 9.47 Å². The molecule has 0 saturated carbocycles. The van der Waals surface area contributed by atoms with E-state index in [0.29, 0.717) is 17.9 Å². The molecule has 3 heteroatoms. The summed E-state index contributed by atoms with van der Waals surface area (Å²) in [5, 5.41) is 0. The first-order chi connectivity index (χ1) is 18.8. The molecule has 4 unspecified atom stereocenters. The molecule has 4 aliphatic rings. The van der Waals surface area contributed by atoms with Crippen LogP contribution >= 0.6 is 15.9 Å². The van der Waals surface area contributed by atoms with E-state index in [1.807, 2.05) is 14.2 Å². The maximum Gasteiger partial charge on any atom is 0.0852 e. The highest BCUT2D eigenvalue weighted by atomic mass is 79.9. The summed E-state index contributed by atoms with van der Waals surface area (Å²) in [6, 6.07) is 11.9. The van der Waals surface area contributed by atoms with Crippen LogP contribution in [0.25, 0.3) is 11.1 Å². The highest BCUT2D eigenvalue weighted by Crippen LogP contribution is 2.48. The van der Waals surface area contributed by atoms with E-state index in [1.165, 1.54) is 81.9 Å². The predicted molar refractivity (Wildman–Crippen MR) is 165 cm³/mol. The summed E-state index contributed by atoms with van der Waals surface area (Å²) in [6.45, 7) is 9.03. The third kappa shape index (κ3) is 4.73. The average Bonchev–Trinajstić information content (AvgIpc) is 3.67. The number of aryl methyl sites for hydroxylation is 4. The van der Waals surface area contributed by atoms with Gasteiger partial charge in [0.2, 0.25) is 0 Å². The number of benzene rings is 3. The van der Waals surface area contributed by atoms with Crippen LogP contribution in [-0.4, -0.2) is 14.2 Å². The van der Waals surface area contributed by atoms with Gasteiger partial charge in [0, 0.05) is 18.7 Å². The molecule has 0 fully saturated rings. The van der Waals surface area contributed by atoms with E-state index in [-0.39, 0.29) is 6.10 Å². The summed E-state index contributed by atoms with van der Waals surface area (Å²) >= 11 is 3.81. The topological polar surface area (TPSA) is 18.5 Å². The second-order valence-corrected chi connectivity index (χ2v) is 13.4. The molecule has 0 amide bonds. The summed E-state index contributed by atoms with van der Waals surface area (Å²) < 4.78 is 12.9. The minimum atomic E-state index is 0.264. The van der Waals surface area contributed by atoms with Crippen LogP contribution < -0.4 is 0 Å². The zero-order valence-corrected chi connectivity index (χ0v) is 26.1. The molecule has 7 rings (SSSR count). The molecule has 39 heavy (non-hydrogen) atoms. The quantitative estimate of drug-likeness (QED) is 0.304. The monoisotopic (exact) mass is 586 g/mol. The molecule has 0 heterocycles. The number of rotatable bonds is 3. The fraction of sp³-hybridized carbons (Fsp3) is 0.500. The fourth-order valence-electron chi connectivity index (χ4n) is 8.17. The van der Waals surface area contributed by atoms with Crippen molar-refractivity contribution >= 4 is 15.9 Å². The molecular weight excluding hydrogens is 544 g/mol. The van der Waals surface area contributed by atoms with Crippen molar-refractivity contribution in [3.05, 3.63) is 90.4 Å². The lowest BCUT2D eigenvalue weighted by atomic mass is 9.88. The average molecular weight is 588 g/mol. The first-order valence-corrected chi connectivity index (χ1v) is 15.7. The third-order valence-corrected chi connectivity index (χ3v) is 10.7. The molecule has 0 radical (unpaired) electrons. The van der Waals surface area contributed by atoms with Crippen molar-refractivity contribution in [2.45, 2.75) is 91.3 Å². The van der Waals surface area contributed by atoms with Crippen LogP contribution in [0.2, 0.25) is 0 Å². The Kier molecular flexibility index (Phi) is 7.54. The van der Waals surface area contributed by atoms with Crippen LogP contribution in [0.3, 0.4) is 0 Å². The number of halogens is 1. The molecule has 0 N–H and O–H groups in total. The van der Waals surface area contributed by atoms with Crippen molar-refractivity contribution in [1.82, 2.24) is 0 Å². The Labute approximate surface area is 243 Å². The van der Waals surface area contributed by atoms with Gasteiger partial charge in [0.05, 0.1) is 12.2 Å². The van der Waals surface area contributed by atoms with E-state index in [9.17, 15) is 0 Å². The second kappa shape index (κ2) is 10.8. The Balaban J connectivity index is 0.000000151. The summed E-state index contributed by atoms with van der Waals surface area (Å²) in [6.07, 6.45) is 10.4. The van der Waals surface area contributed by atoms with Gasteiger partial charge in [-0.1, -0.05) is 71.2 Å². The van der Waals surface area contributed by atoms with Gasteiger partial charge in [-0.15, -0.1) is 0 Å². The molecule has 0 aliphatic heterocycles. The Morgan fingerprint density at radius 1 is 0.641 bits per heavy atom. The molecule has 0 bridgehead atoms. The largest absolute Gasteiger partial charge is 0.376 e. The van der Waals surface area contributed by atoms with Gasteiger partial charge in [-0.3, -0.25) is 0 Å². The SMILES string of the molecule is COC1c2cc3c(c(-c4cc(C)cc(C)c4)c2CC1C)CCC3.COC1c2cc3c(c(Br)c2CC1C)CCC3. The van der Waals surface area contributed by atoms with E-state index >= 15 is 0 Å². The smallest absolute Gasteiger partial charge is 0.0852 e. The van der Waals surface area contributed by atoms with Gasteiger partial charge in [0.1, 0.15) is 0 Å². The van der Waals surface area contributed by atoms with Crippen LogP contribution in [0, 0.1) is 25.7 Å². The number of hydrogen-bond donors (Lipinski definition) is 0. The first-order valence-electron chi connectivity index (χ1n) is 15.0. The predicted octanol–water partition coefficient (Wildman–Crippen LogP) is 9.16. The fourth-order valence-corrected chi connectivity index (χ4v) is 9.01. The van der Waals surface area contributed by atoms with Crippen LogP contribution in [-0.2, 0) is 48.0 Å². The summed E-state index contributed by atoms with van der Waals surface area (Å²) in [4.78, 5) is 0. The van der Waals surface area contributed by atoms with Crippen LogP contribution in [0.1, 0.15) is 94.5 Å². The van der Waals surface area contributed by atoms with E-state index in [1.54, 1.807) is 27.8 Å². The maximum absolute atomic E-state index is 5.85. The van der Waals surface area contributed by atoms with Crippen molar-refractivity contribution in [1.29, 1.82) is 0 Å². The number of fused-ring (bicyclic) bond motifs is 4. The van der Waals surface area contributed by atoms with E-state index in [0.717, 1.165) is 12.8 Å². The van der Waals surface area contributed by atoms with Crippen LogP contribution in [0.15, 0.2) is 34.8 Å². The molecule has 0 saturated heterocycles. The Hall–Kier alpha value is -1.94. The highest BCUT2D eigenvalue weighted by Gasteiger charge is 2.35. The highest BCUT2D eigenvalue weighted by molar-refractivity contribution is 9.10. The van der Waals surface area contributed by atoms with Crippen molar-refractivity contribution in [3.8, 4) is 11.1 Å². The van der Waals surface area contributed by atoms with Gasteiger partial charge in [-0.25, -0.2) is 0 Å². The van der Waals surface area contributed by atoms with Gasteiger partial charge in [0.15, 0.2) is 0 Å². The number of methoxy groups -OCH3 is 2. The van der Waals surface area contributed by atoms with Gasteiger partial charge in [-0.05, 0) is 133 Å². The standard InChI is InChI=1S/C22H26O.C14H17BrO/c1-13-8-14(2)10-17(9-13)21-18-7-5-6-16(18)12-20-19(21)11-15(3)22(20)23-4;1-8-6-11-12(14(8)16-2)7-9-4-3-5-10(9)13(11)15/h8-10,12,15,22H,5-7,11H2,1-4H3;7-8,14H,3-6H2,1-2H3. The third-order valence-electron chi connectivity index (χ3n) is 9.73. The molecular formula is C36H43BrO2. The molecule has 2 nitrogen and oxygen atoms in total. The van der Waals surface area contributed by atoms with Gasteiger partial charge in [0.25, 0.3) is 0 Å². The molecule has 0 aromatic heterocycles. The van der Waals surface area contributed by atoms with E-state index < -0.39 is 0 Å². The Morgan fingerprint density at radius 2 is 1.15 bits per heavy atom.